The number of carbonyl (C=O) groups excluding carboxylic acids is 2. The lowest BCUT2D eigenvalue weighted by molar-refractivity contribution is -0.709. The Balaban J connectivity index is 1.29. The molecule has 19 heteroatoms. The molecule has 364 valence electrons. The van der Waals surface area contributed by atoms with Gasteiger partial charge in [-0.1, -0.05) is 60.7 Å². The van der Waals surface area contributed by atoms with E-state index < -0.39 is 79.5 Å². The Bertz CT molecular complexity index is 2740. The molecule has 0 radical (unpaired) electrons. The maximum atomic E-state index is 13.9. The smallest absolute Gasteiger partial charge is 0.354 e. The Labute approximate surface area is 400 Å². The van der Waals surface area contributed by atoms with Gasteiger partial charge < -0.3 is 43.0 Å². The number of hydrogen-bond acceptors (Lipinski definition) is 15. The van der Waals surface area contributed by atoms with E-state index in [4.69, 9.17) is 32.7 Å². The third-order valence-corrected chi connectivity index (χ3v) is 14.1. The van der Waals surface area contributed by atoms with Crippen LogP contribution in [-0.2, 0) is 24.3 Å². The number of aryl methyl sites for hydroxylation is 1. The lowest BCUT2D eigenvalue weighted by Gasteiger charge is -2.38. The van der Waals surface area contributed by atoms with Crippen LogP contribution in [0, 0.1) is 23.5 Å². The summed E-state index contributed by atoms with van der Waals surface area (Å²) in [6.07, 6.45) is -4.15. The number of hydrogen-bond donors (Lipinski definition) is 2. The topological polar surface area (TPSA) is 224 Å². The van der Waals surface area contributed by atoms with E-state index in [0.29, 0.717) is 33.9 Å². The molecule has 2 amide bonds. The van der Waals surface area contributed by atoms with Crippen LogP contribution in [0.5, 0.6) is 17.2 Å². The molecule has 0 saturated carbocycles. The van der Waals surface area contributed by atoms with Crippen LogP contribution in [0.25, 0.3) is 0 Å². The van der Waals surface area contributed by atoms with Gasteiger partial charge in [-0.3, -0.25) is 14.3 Å². The maximum Gasteiger partial charge on any atom is 0.354 e. The molecule has 6 atom stereocenters. The molecule has 7 rings (SSSR count). The number of aromatic nitrogens is 2. The van der Waals surface area contributed by atoms with E-state index >= 15 is 0 Å². The number of aliphatic hydroxyl groups excluding tert-OH is 1. The number of rotatable bonds is 21. The Hall–Kier alpha value is -6.10. The van der Waals surface area contributed by atoms with Crippen molar-refractivity contribution in [1.29, 1.82) is 5.26 Å². The zero-order valence-corrected chi connectivity index (χ0v) is 40.3. The number of aromatic amines is 1. The molecule has 4 aromatic carbocycles. The number of methoxy groups -OCH3 is 2. The van der Waals surface area contributed by atoms with Crippen molar-refractivity contribution >= 4 is 20.3 Å². The Kier molecular flexibility index (Phi) is 16.0. The van der Waals surface area contributed by atoms with Gasteiger partial charge in [-0.2, -0.15) is 5.26 Å². The largest absolute Gasteiger partial charge is 0.617 e. The monoisotopic (exact) mass is 965 g/mol. The highest BCUT2D eigenvalue weighted by molar-refractivity contribution is 7.45. The lowest BCUT2D eigenvalue weighted by Crippen LogP contribution is -2.50. The molecule has 0 aliphatic carbocycles. The summed E-state index contributed by atoms with van der Waals surface area (Å²) in [4.78, 5) is 54.7. The second-order valence-corrected chi connectivity index (χ2v) is 18.5. The Morgan fingerprint density at radius 2 is 1.49 bits per heavy atom. The van der Waals surface area contributed by atoms with Crippen molar-refractivity contribution in [2.45, 2.75) is 83.3 Å². The van der Waals surface area contributed by atoms with E-state index in [1.807, 2.05) is 76.2 Å². The molecule has 1 aromatic heterocycles. The van der Waals surface area contributed by atoms with E-state index in [9.17, 15) is 34.8 Å². The van der Waals surface area contributed by atoms with Gasteiger partial charge >= 0.3 is 26.0 Å². The highest BCUT2D eigenvalue weighted by Crippen LogP contribution is 2.51. The zero-order valence-electron chi connectivity index (χ0n) is 39.4. The van der Waals surface area contributed by atoms with E-state index in [0.717, 1.165) is 4.57 Å². The minimum Gasteiger partial charge on any atom is -0.617 e. The number of nitriles is 1. The molecule has 0 spiro atoms. The molecule has 69 heavy (non-hydrogen) atoms. The summed E-state index contributed by atoms with van der Waals surface area (Å²) < 4.78 is 45.6. The SMILES string of the molecule is COc1ccc(C(OC[C@H]2O[C@@H](n3cc(C)c(=O)[nH]c3=O)[C@H](OCC[N+]3([O-])C(=O)c4ccccc4C3=O)[C@@H]2O)(c2ccccc2)c2ccc(OC)c(OP(OCCC#N)N(C(C)C)C(C)C)c2)cc1. The lowest BCUT2D eigenvalue weighted by atomic mass is 9.79. The number of ether oxygens (including phenoxy) is 5. The molecule has 2 unspecified atom stereocenters. The van der Waals surface area contributed by atoms with Gasteiger partial charge in [-0.05, 0) is 87.7 Å². The number of carbonyl (C=O) groups is 2. The maximum absolute atomic E-state index is 13.9. The van der Waals surface area contributed by atoms with E-state index in [2.05, 4.69) is 15.7 Å². The summed E-state index contributed by atoms with van der Waals surface area (Å²) in [6, 6.07) is 30.0. The van der Waals surface area contributed by atoms with Crippen LogP contribution in [0.3, 0.4) is 0 Å². The van der Waals surface area contributed by atoms with Crippen molar-refractivity contribution in [2.24, 2.45) is 0 Å². The molecular weight excluding hydrogens is 910 g/mol. The van der Waals surface area contributed by atoms with Crippen LogP contribution >= 0.6 is 8.53 Å². The molecule has 1 fully saturated rings. The van der Waals surface area contributed by atoms with Gasteiger partial charge in [-0.25, -0.2) is 23.7 Å². The molecular formula is C50H56N5O13P. The van der Waals surface area contributed by atoms with Crippen LogP contribution in [0.4, 0.5) is 0 Å². The van der Waals surface area contributed by atoms with Gasteiger partial charge in [0.25, 0.3) is 5.56 Å². The normalized spacial score (nSPS) is 19.9. The number of aliphatic hydroxyl groups is 1. The summed E-state index contributed by atoms with van der Waals surface area (Å²) in [7, 11) is 1.28. The molecule has 2 N–H and O–H groups in total. The van der Waals surface area contributed by atoms with Gasteiger partial charge in [0.15, 0.2) is 17.7 Å². The predicted molar refractivity (Wildman–Crippen MR) is 253 cm³/mol. The summed E-state index contributed by atoms with van der Waals surface area (Å²) in [5.74, 6) is -0.606. The van der Waals surface area contributed by atoms with Crippen molar-refractivity contribution in [3.63, 3.8) is 0 Å². The van der Waals surface area contributed by atoms with E-state index in [1.54, 1.807) is 43.5 Å². The van der Waals surface area contributed by atoms with Crippen LogP contribution in [0.2, 0.25) is 0 Å². The van der Waals surface area contributed by atoms with Crippen LogP contribution < -0.4 is 25.2 Å². The average molecular weight is 966 g/mol. The summed E-state index contributed by atoms with van der Waals surface area (Å²) in [5, 5.41) is 35.4. The van der Waals surface area contributed by atoms with Gasteiger partial charge in [0.2, 0.25) is 0 Å². The standard InChI is InChI=1S/C50H56N5O13P/c1-31(2)54(32(3)4)69(66-26-13-24-51)68-41-28-36(20-23-40(41)63-7)50(34-14-9-8-10-15-34,35-18-21-37(62-6)22-19-35)65-30-42-43(56)44(46(67-42)53-29-33(5)45(57)52-49(53)60)64-27-25-55(61)47(58)38-16-11-12-17-39(38)48(55)59/h8-12,14-23,28-29,31-32,42-44,46,56H,13,25-27,30H2,1-7H3,(H,52,57,60)/t42-,43-,44-,46-,50?,69?/m1/s1. The Morgan fingerprint density at radius 3 is 2.10 bits per heavy atom. The van der Waals surface area contributed by atoms with Crippen LogP contribution in [0.15, 0.2) is 113 Å². The minimum absolute atomic E-state index is 0.000739. The van der Waals surface area contributed by atoms with Crippen LogP contribution in [-0.4, -0.2) is 107 Å². The molecule has 5 aromatic rings. The summed E-state index contributed by atoms with van der Waals surface area (Å²) in [5.41, 5.74) is -1.02. The van der Waals surface area contributed by atoms with Gasteiger partial charge in [0.1, 0.15) is 36.2 Å². The summed E-state index contributed by atoms with van der Waals surface area (Å²) >= 11 is 0. The van der Waals surface area contributed by atoms with Crippen molar-refractivity contribution in [3.05, 3.63) is 163 Å². The zero-order chi connectivity index (χ0) is 49.6. The molecule has 1 saturated heterocycles. The fourth-order valence-corrected chi connectivity index (χ4v) is 10.3. The van der Waals surface area contributed by atoms with Crippen molar-refractivity contribution < 1.29 is 52.1 Å². The molecule has 18 nitrogen and oxygen atoms in total. The number of amides is 2. The number of fused-ring (bicyclic) bond motifs is 1. The highest BCUT2D eigenvalue weighted by Gasteiger charge is 2.51. The third-order valence-electron chi connectivity index (χ3n) is 12.0. The van der Waals surface area contributed by atoms with Gasteiger partial charge in [0, 0.05) is 23.8 Å². The first-order chi connectivity index (χ1) is 33.1. The average Bonchev–Trinajstić information content (AvgIpc) is 3.75. The molecule has 2 aliphatic rings. The molecule has 0 bridgehead atoms. The quantitative estimate of drug-likeness (QED) is 0.0201. The molecule has 2 aliphatic heterocycles. The number of nitrogens with one attached hydrogen (secondary N) is 1. The summed E-state index contributed by atoms with van der Waals surface area (Å²) in [6.45, 7) is 8.23. The van der Waals surface area contributed by atoms with Crippen molar-refractivity contribution in [2.75, 3.05) is 40.6 Å². The fourth-order valence-electron chi connectivity index (χ4n) is 8.68. The number of benzene rings is 4. The van der Waals surface area contributed by atoms with Crippen molar-refractivity contribution in [3.8, 4) is 23.3 Å². The number of hydroxylamine groups is 3. The third kappa shape index (κ3) is 10.2. The number of nitrogens with zero attached hydrogens (tertiary/aromatic N) is 4. The minimum atomic E-state index is -1.84. The van der Waals surface area contributed by atoms with E-state index in [-0.39, 0.29) is 48.4 Å². The Morgan fingerprint density at radius 1 is 0.870 bits per heavy atom. The first kappa shape index (κ1) is 50.8. The second kappa shape index (κ2) is 21.7. The molecule has 3 heterocycles. The fraction of sp³-hybridized carbons (Fsp3) is 0.380. The number of H-pyrrole nitrogens is 1. The van der Waals surface area contributed by atoms with E-state index in [1.165, 1.54) is 32.4 Å². The van der Waals surface area contributed by atoms with Crippen molar-refractivity contribution in [1.82, 2.24) is 14.2 Å². The second-order valence-electron chi connectivity index (χ2n) is 17.1. The first-order valence-electron chi connectivity index (χ1n) is 22.4. The van der Waals surface area contributed by atoms with Gasteiger partial charge in [0.05, 0.1) is 57.7 Å². The predicted octanol–water partition coefficient (Wildman–Crippen LogP) is 6.48. The highest BCUT2D eigenvalue weighted by atomic mass is 31.2. The first-order valence-corrected chi connectivity index (χ1v) is 23.6. The van der Waals surface area contributed by atoms with Crippen LogP contribution in [0.1, 0.15) is 83.3 Å². The number of quaternary nitrogens is 1. The van der Waals surface area contributed by atoms with Gasteiger partial charge in [-0.15, -0.1) is 0 Å². The number of imide groups is 1.